The number of nitrogens with zero attached hydrogens (tertiary/aromatic N) is 8. The van der Waals surface area contributed by atoms with Crippen molar-refractivity contribution in [2.24, 2.45) is 7.05 Å². The van der Waals surface area contributed by atoms with Crippen molar-refractivity contribution in [1.29, 1.82) is 0 Å². The van der Waals surface area contributed by atoms with Crippen molar-refractivity contribution >= 4 is 17.1 Å². The fourth-order valence-corrected chi connectivity index (χ4v) is 3.94. The Kier molecular flexibility index (Phi) is 4.64. The fourth-order valence-electron chi connectivity index (χ4n) is 3.94. The van der Waals surface area contributed by atoms with E-state index in [-0.39, 0.29) is 12.0 Å². The van der Waals surface area contributed by atoms with Crippen LogP contribution >= 0.6 is 0 Å². The number of aromatic nitrogens is 7. The third kappa shape index (κ3) is 3.22. The summed E-state index contributed by atoms with van der Waals surface area (Å²) in [5, 5.41) is 4.42. The van der Waals surface area contributed by atoms with Gasteiger partial charge in [0.05, 0.1) is 18.3 Å². The maximum atomic E-state index is 12.5. The maximum Gasteiger partial charge on any atom is 0.275 e. The number of imidazole rings is 1. The molecule has 1 saturated heterocycles. The molecule has 1 aliphatic heterocycles. The predicted octanol–water partition coefficient (Wildman–Crippen LogP) is 1.84. The molecule has 0 unspecified atom stereocenters. The lowest BCUT2D eigenvalue weighted by Crippen LogP contribution is -2.31. The van der Waals surface area contributed by atoms with Crippen molar-refractivity contribution in [3.8, 4) is 17.3 Å². The minimum Gasteiger partial charge on any atom is -0.471 e. The van der Waals surface area contributed by atoms with E-state index in [9.17, 15) is 4.79 Å². The highest BCUT2D eigenvalue weighted by molar-refractivity contribution is 5.92. The fraction of sp³-hybridized carbons (Fsp3) is 0.400. The third-order valence-electron chi connectivity index (χ3n) is 5.63. The van der Waals surface area contributed by atoms with E-state index in [0.29, 0.717) is 42.2 Å². The van der Waals surface area contributed by atoms with Gasteiger partial charge in [-0.05, 0) is 13.8 Å². The van der Waals surface area contributed by atoms with E-state index in [1.54, 1.807) is 4.90 Å². The van der Waals surface area contributed by atoms with Crippen LogP contribution in [0.1, 0.15) is 29.5 Å². The Labute approximate surface area is 177 Å². The van der Waals surface area contributed by atoms with Crippen molar-refractivity contribution in [3.05, 3.63) is 36.6 Å². The Hall–Kier alpha value is -3.76. The summed E-state index contributed by atoms with van der Waals surface area (Å²) in [6, 6.07) is 0. The number of hydrogen-bond acceptors (Lipinski definition) is 8. The molecule has 11 nitrogen and oxygen atoms in total. The molecule has 0 aromatic carbocycles. The molecule has 0 bridgehead atoms. The van der Waals surface area contributed by atoms with Gasteiger partial charge in [-0.3, -0.25) is 9.48 Å². The molecule has 31 heavy (non-hydrogen) atoms. The van der Waals surface area contributed by atoms with E-state index < -0.39 is 0 Å². The lowest BCUT2D eigenvalue weighted by atomic mass is 10.2. The molecule has 1 amide bonds. The molecule has 4 aromatic heterocycles. The van der Waals surface area contributed by atoms with Crippen LogP contribution in [0.2, 0.25) is 0 Å². The molecule has 0 N–H and O–H groups in total. The van der Waals surface area contributed by atoms with Gasteiger partial charge in [-0.15, -0.1) is 0 Å². The second-order valence-electron chi connectivity index (χ2n) is 7.46. The molecule has 160 valence electrons. The van der Waals surface area contributed by atoms with Gasteiger partial charge in [0.15, 0.2) is 23.3 Å². The Bertz CT molecular complexity index is 1240. The van der Waals surface area contributed by atoms with Gasteiger partial charge in [0.1, 0.15) is 24.5 Å². The van der Waals surface area contributed by atoms with Crippen LogP contribution in [0, 0.1) is 6.92 Å². The van der Waals surface area contributed by atoms with Crippen LogP contribution in [0.5, 0.6) is 5.88 Å². The molecular weight excluding hydrogens is 400 g/mol. The lowest BCUT2D eigenvalue weighted by Gasteiger charge is -2.15. The molecule has 1 atom stereocenters. The number of fused-ring (bicyclic) bond motifs is 1. The molecule has 1 aliphatic rings. The molecule has 1 fully saturated rings. The van der Waals surface area contributed by atoms with E-state index >= 15 is 0 Å². The van der Waals surface area contributed by atoms with Gasteiger partial charge in [0.25, 0.3) is 5.91 Å². The van der Waals surface area contributed by atoms with Crippen LogP contribution in [0.25, 0.3) is 22.6 Å². The summed E-state index contributed by atoms with van der Waals surface area (Å²) in [6.07, 6.45) is 6.39. The van der Waals surface area contributed by atoms with E-state index in [0.717, 1.165) is 23.6 Å². The van der Waals surface area contributed by atoms with Crippen LogP contribution in [0.4, 0.5) is 0 Å². The summed E-state index contributed by atoms with van der Waals surface area (Å²) < 4.78 is 14.9. The molecule has 0 saturated carbocycles. The normalized spacial score (nSPS) is 16.4. The summed E-state index contributed by atoms with van der Waals surface area (Å²) in [5.74, 6) is 0.996. The SMILES string of the molecule is CCn1ncc(-c2nc3c(O[C@H]4CCN(C(=O)c5cocn5)C4)ncnc3n2C)c1C. The number of oxazole rings is 1. The number of ether oxygens (including phenoxy) is 1. The zero-order valence-corrected chi connectivity index (χ0v) is 17.5. The van der Waals surface area contributed by atoms with E-state index in [1.807, 2.05) is 36.3 Å². The van der Waals surface area contributed by atoms with E-state index in [4.69, 9.17) is 14.1 Å². The minimum absolute atomic E-state index is 0.170. The first-order valence-corrected chi connectivity index (χ1v) is 10.1. The number of rotatable bonds is 5. The summed E-state index contributed by atoms with van der Waals surface area (Å²) in [6.45, 7) is 5.88. The van der Waals surface area contributed by atoms with Crippen molar-refractivity contribution < 1.29 is 13.9 Å². The molecule has 4 aromatic rings. The Balaban J connectivity index is 1.41. The molecule has 5 heterocycles. The smallest absolute Gasteiger partial charge is 0.275 e. The maximum absolute atomic E-state index is 12.5. The summed E-state index contributed by atoms with van der Waals surface area (Å²) in [4.78, 5) is 31.6. The van der Waals surface area contributed by atoms with Gasteiger partial charge in [0.2, 0.25) is 5.88 Å². The summed E-state index contributed by atoms with van der Waals surface area (Å²) in [7, 11) is 1.91. The van der Waals surface area contributed by atoms with Gasteiger partial charge < -0.3 is 18.6 Å². The number of carbonyl (C=O) groups is 1. The Morgan fingerprint density at radius 2 is 2.19 bits per heavy atom. The summed E-state index contributed by atoms with van der Waals surface area (Å²) in [5.41, 5.74) is 3.54. The van der Waals surface area contributed by atoms with Crippen molar-refractivity contribution in [1.82, 2.24) is 39.2 Å². The van der Waals surface area contributed by atoms with Crippen LogP contribution in [-0.2, 0) is 13.6 Å². The van der Waals surface area contributed by atoms with E-state index in [2.05, 4.69) is 20.1 Å². The Morgan fingerprint density at radius 1 is 1.32 bits per heavy atom. The van der Waals surface area contributed by atoms with Gasteiger partial charge in [-0.25, -0.2) is 15.0 Å². The van der Waals surface area contributed by atoms with Gasteiger partial charge >= 0.3 is 0 Å². The number of carbonyl (C=O) groups excluding carboxylic acids is 1. The molecule has 11 heteroatoms. The topological polar surface area (TPSA) is 117 Å². The first-order chi connectivity index (χ1) is 15.1. The summed E-state index contributed by atoms with van der Waals surface area (Å²) >= 11 is 0. The van der Waals surface area contributed by atoms with Crippen molar-refractivity contribution in [3.63, 3.8) is 0 Å². The monoisotopic (exact) mass is 422 g/mol. The largest absolute Gasteiger partial charge is 0.471 e. The Morgan fingerprint density at radius 3 is 2.94 bits per heavy atom. The van der Waals surface area contributed by atoms with Crippen molar-refractivity contribution in [2.75, 3.05) is 13.1 Å². The molecule has 0 spiro atoms. The zero-order chi connectivity index (χ0) is 21.5. The first kappa shape index (κ1) is 19.2. The standard InChI is InChI=1S/C20H22N8O3/c1-4-28-12(2)14(7-24-28)17-25-16-18(26(17)3)21-10-22-19(16)31-13-5-6-27(8-13)20(29)15-9-30-11-23-15/h7,9-11,13H,4-6,8H2,1-3H3/t13-/m0/s1. The second-order valence-corrected chi connectivity index (χ2v) is 7.46. The highest BCUT2D eigenvalue weighted by atomic mass is 16.5. The van der Waals surface area contributed by atoms with Crippen LogP contribution in [0.3, 0.4) is 0 Å². The van der Waals surface area contributed by atoms with Crippen LogP contribution in [-0.4, -0.2) is 64.3 Å². The number of aryl methyl sites for hydroxylation is 2. The number of amides is 1. The minimum atomic E-state index is -0.191. The number of likely N-dealkylation sites (tertiary alicyclic amines) is 1. The van der Waals surface area contributed by atoms with Crippen LogP contribution in [0.15, 0.2) is 29.6 Å². The highest BCUT2D eigenvalue weighted by Gasteiger charge is 2.30. The van der Waals surface area contributed by atoms with Gasteiger partial charge in [-0.2, -0.15) is 10.1 Å². The third-order valence-corrected chi connectivity index (χ3v) is 5.63. The predicted molar refractivity (Wildman–Crippen MR) is 109 cm³/mol. The van der Waals surface area contributed by atoms with E-state index in [1.165, 1.54) is 19.0 Å². The molecular formula is C20H22N8O3. The zero-order valence-electron chi connectivity index (χ0n) is 17.5. The second kappa shape index (κ2) is 7.49. The quantitative estimate of drug-likeness (QED) is 0.478. The highest BCUT2D eigenvalue weighted by Crippen LogP contribution is 2.30. The molecule has 5 rings (SSSR count). The van der Waals surface area contributed by atoms with Crippen LogP contribution < -0.4 is 4.74 Å². The average Bonchev–Trinajstić information content (AvgIpc) is 3.56. The first-order valence-electron chi connectivity index (χ1n) is 10.1. The number of hydrogen-bond donors (Lipinski definition) is 0. The van der Waals surface area contributed by atoms with Gasteiger partial charge in [-0.1, -0.05) is 0 Å². The molecule has 0 aliphatic carbocycles. The molecule has 0 radical (unpaired) electrons. The van der Waals surface area contributed by atoms with Gasteiger partial charge in [0, 0.05) is 32.3 Å². The van der Waals surface area contributed by atoms with Crippen molar-refractivity contribution in [2.45, 2.75) is 32.9 Å². The lowest BCUT2D eigenvalue weighted by molar-refractivity contribution is 0.0766. The average molecular weight is 422 g/mol.